The number of unbranched alkanes of at least 4 members (excludes halogenated alkanes) is 3. The molecule has 1 heterocycles. The molecule has 0 radical (unpaired) electrons. The van der Waals surface area contributed by atoms with Crippen molar-refractivity contribution in [1.29, 1.82) is 0 Å². The molecule has 0 aliphatic carbocycles. The second-order valence-electron chi connectivity index (χ2n) is 7.42. The first-order valence-corrected chi connectivity index (χ1v) is 10.7. The van der Waals surface area contributed by atoms with Gasteiger partial charge in [-0.2, -0.15) is 0 Å². The Bertz CT molecular complexity index is 1070. The monoisotopic (exact) mass is 427 g/mol. The number of amides is 1. The van der Waals surface area contributed by atoms with Gasteiger partial charge in [-0.3, -0.25) is 9.59 Å². The van der Waals surface area contributed by atoms with Crippen molar-refractivity contribution in [2.24, 2.45) is 0 Å². The lowest BCUT2D eigenvalue weighted by molar-refractivity contribution is -0.368. The van der Waals surface area contributed by atoms with Crippen molar-refractivity contribution in [3.63, 3.8) is 0 Å². The van der Waals surface area contributed by atoms with Gasteiger partial charge in [-0.15, -0.1) is 0 Å². The third-order valence-corrected chi connectivity index (χ3v) is 5.46. The van der Waals surface area contributed by atoms with Crippen LogP contribution < -0.4 is 11.3 Å². The summed E-state index contributed by atoms with van der Waals surface area (Å²) in [4.78, 5) is 35.1. The summed E-state index contributed by atoms with van der Waals surface area (Å²) in [6.07, 6.45) is 4.05. The molecule has 7 heteroatoms. The van der Waals surface area contributed by atoms with Crippen LogP contribution in [-0.2, 0) is 0 Å². The first kappa shape index (κ1) is 22.0. The van der Waals surface area contributed by atoms with Gasteiger partial charge in [0.05, 0.1) is 23.5 Å². The number of carbonyl (C=O) groups excluding carboxylic acids is 1. The topological polar surface area (TPSA) is 93.7 Å². The summed E-state index contributed by atoms with van der Waals surface area (Å²) in [6, 6.07) is 13.8. The van der Waals surface area contributed by atoms with Crippen molar-refractivity contribution in [1.82, 2.24) is 14.9 Å². The second kappa shape index (κ2) is 10.4. The van der Waals surface area contributed by atoms with Crippen LogP contribution in [0.15, 0.2) is 53.3 Å². The van der Waals surface area contributed by atoms with Gasteiger partial charge in [-0.05, 0) is 56.5 Å². The Morgan fingerprint density at radius 2 is 1.90 bits per heavy atom. The highest BCUT2D eigenvalue weighted by atomic mass is 35.5. The molecule has 3 aromatic rings. The number of aromatic nitrogens is 2. The molecule has 1 atom stereocenters. The average molecular weight is 428 g/mol. The Morgan fingerprint density at radius 3 is 2.67 bits per heavy atom. The van der Waals surface area contributed by atoms with E-state index >= 15 is 0 Å². The zero-order valence-corrected chi connectivity index (χ0v) is 18.0. The fraction of sp³-hybridized carbons (Fsp3) is 0.348. The van der Waals surface area contributed by atoms with Gasteiger partial charge in [0.1, 0.15) is 5.82 Å². The van der Waals surface area contributed by atoms with E-state index < -0.39 is 0 Å². The number of halogens is 1. The third-order valence-electron chi connectivity index (χ3n) is 5.23. The minimum absolute atomic E-state index is 0.127. The van der Waals surface area contributed by atoms with E-state index in [2.05, 4.69) is 15.7 Å². The lowest BCUT2D eigenvalue weighted by Crippen LogP contribution is -2.50. The molecule has 158 valence electrons. The number of hydrogen-bond acceptors (Lipinski definition) is 3. The Balaban J connectivity index is 1.90. The van der Waals surface area contributed by atoms with Crippen LogP contribution in [0, 0.1) is 0 Å². The predicted octanol–water partition coefficient (Wildman–Crippen LogP) is 3.58. The number of para-hydroxylation sites is 1. The smallest absolute Gasteiger partial charge is 0.258 e. The maximum atomic E-state index is 13.3. The molecular formula is C23H28ClN4O2+. The molecule has 0 saturated carbocycles. The van der Waals surface area contributed by atoms with Crippen molar-refractivity contribution in [2.45, 2.75) is 38.6 Å². The number of nitrogens with zero attached hydrogens (tertiary/aromatic N) is 2. The largest absolute Gasteiger partial charge is 0.358 e. The molecule has 6 nitrogen and oxygen atoms in total. The predicted molar refractivity (Wildman–Crippen MR) is 119 cm³/mol. The Kier molecular flexibility index (Phi) is 7.60. The number of hydrogen-bond donors (Lipinski definition) is 2. The zero-order valence-electron chi connectivity index (χ0n) is 17.2. The van der Waals surface area contributed by atoms with Crippen LogP contribution in [0.25, 0.3) is 10.9 Å². The number of fused-ring (bicyclic) bond motifs is 1. The van der Waals surface area contributed by atoms with Crippen LogP contribution in [0.4, 0.5) is 0 Å². The second-order valence-corrected chi connectivity index (χ2v) is 7.86. The van der Waals surface area contributed by atoms with Crippen LogP contribution in [0.5, 0.6) is 0 Å². The number of rotatable bonds is 9. The standard InChI is InChI=1S/C23H27ClN4O2/c1-16(21-26-20-12-5-4-11-19(20)22(29)27-21)28(14-7-3-2-6-13-25)23(30)17-9-8-10-18(24)15-17/h4-5,8-12,15-16H,2-3,6-7,13-14,25H2,1H3,(H,26,27,29)/p+1/t16-/m1/s1. The van der Waals surface area contributed by atoms with Crippen LogP contribution >= 0.6 is 11.6 Å². The number of benzene rings is 2. The molecule has 0 fully saturated rings. The molecule has 4 N–H and O–H groups in total. The molecule has 0 unspecified atom stereocenters. The molecule has 0 aliphatic heterocycles. The van der Waals surface area contributed by atoms with E-state index in [1.54, 1.807) is 35.2 Å². The lowest BCUT2D eigenvalue weighted by atomic mass is 10.1. The van der Waals surface area contributed by atoms with Gasteiger partial charge in [0.15, 0.2) is 0 Å². The Labute approximate surface area is 181 Å². The first-order valence-electron chi connectivity index (χ1n) is 10.4. The van der Waals surface area contributed by atoms with Gasteiger partial charge in [-0.1, -0.05) is 36.2 Å². The molecule has 2 aromatic carbocycles. The fourth-order valence-electron chi connectivity index (χ4n) is 3.52. The normalized spacial score (nSPS) is 12.1. The van der Waals surface area contributed by atoms with E-state index in [4.69, 9.17) is 11.6 Å². The summed E-state index contributed by atoms with van der Waals surface area (Å²) in [5.41, 5.74) is 4.82. The molecule has 1 amide bonds. The summed E-state index contributed by atoms with van der Waals surface area (Å²) in [6.45, 7) is 3.38. The number of quaternary nitrogens is 1. The van der Waals surface area contributed by atoms with Crippen molar-refractivity contribution in [3.05, 3.63) is 75.3 Å². The summed E-state index contributed by atoms with van der Waals surface area (Å²) in [5, 5.41) is 1.05. The van der Waals surface area contributed by atoms with Gasteiger partial charge in [-0.25, -0.2) is 4.98 Å². The van der Waals surface area contributed by atoms with E-state index in [0.717, 1.165) is 32.2 Å². The molecule has 0 bridgehead atoms. The molecule has 30 heavy (non-hydrogen) atoms. The molecule has 1 aromatic heterocycles. The van der Waals surface area contributed by atoms with E-state index in [-0.39, 0.29) is 17.5 Å². The van der Waals surface area contributed by atoms with E-state index in [9.17, 15) is 9.59 Å². The lowest BCUT2D eigenvalue weighted by Gasteiger charge is -2.29. The first-order chi connectivity index (χ1) is 14.5. The van der Waals surface area contributed by atoms with Crippen LogP contribution in [-0.4, -0.2) is 33.9 Å². The van der Waals surface area contributed by atoms with Gasteiger partial charge in [0, 0.05) is 17.1 Å². The van der Waals surface area contributed by atoms with Crippen LogP contribution in [0.2, 0.25) is 5.02 Å². The van der Waals surface area contributed by atoms with Crippen molar-refractivity contribution in [3.8, 4) is 0 Å². The maximum Gasteiger partial charge on any atom is 0.258 e. The molecule has 0 saturated heterocycles. The number of H-pyrrole nitrogens is 1. The maximum absolute atomic E-state index is 13.3. The van der Waals surface area contributed by atoms with Crippen molar-refractivity contribution >= 4 is 28.4 Å². The van der Waals surface area contributed by atoms with Gasteiger partial charge < -0.3 is 15.6 Å². The number of nitrogens with one attached hydrogen (secondary N) is 1. The summed E-state index contributed by atoms with van der Waals surface area (Å²) in [5.74, 6) is 0.352. The SMILES string of the molecule is C[C@H](c1nc2ccccc2c(=O)[nH]1)N(CCCCCC[NH3+])C(=O)c1cccc(Cl)c1. The van der Waals surface area contributed by atoms with Crippen LogP contribution in [0.1, 0.15) is 54.8 Å². The van der Waals surface area contributed by atoms with Gasteiger partial charge in [0.2, 0.25) is 0 Å². The molecule has 0 aliphatic rings. The highest BCUT2D eigenvalue weighted by molar-refractivity contribution is 6.30. The van der Waals surface area contributed by atoms with E-state index in [1.807, 2.05) is 25.1 Å². The van der Waals surface area contributed by atoms with Gasteiger partial charge in [0.25, 0.3) is 11.5 Å². The summed E-state index contributed by atoms with van der Waals surface area (Å²) in [7, 11) is 0. The van der Waals surface area contributed by atoms with E-state index in [0.29, 0.717) is 33.9 Å². The quantitative estimate of drug-likeness (QED) is 0.511. The summed E-state index contributed by atoms with van der Waals surface area (Å²) < 4.78 is 0. The van der Waals surface area contributed by atoms with Crippen molar-refractivity contribution in [2.75, 3.05) is 13.1 Å². The molecule has 0 spiro atoms. The van der Waals surface area contributed by atoms with Gasteiger partial charge >= 0.3 is 0 Å². The van der Waals surface area contributed by atoms with Crippen molar-refractivity contribution < 1.29 is 10.5 Å². The Morgan fingerprint density at radius 1 is 1.13 bits per heavy atom. The molecule has 3 rings (SSSR count). The fourth-order valence-corrected chi connectivity index (χ4v) is 3.71. The minimum atomic E-state index is -0.387. The highest BCUT2D eigenvalue weighted by Crippen LogP contribution is 2.22. The van der Waals surface area contributed by atoms with Crippen LogP contribution in [0.3, 0.4) is 0 Å². The minimum Gasteiger partial charge on any atom is -0.358 e. The molecular weight excluding hydrogens is 400 g/mol. The number of carbonyl (C=O) groups is 1. The summed E-state index contributed by atoms with van der Waals surface area (Å²) >= 11 is 6.10. The third kappa shape index (κ3) is 5.26. The zero-order chi connectivity index (χ0) is 21.5. The Hall–Kier alpha value is -2.70. The highest BCUT2D eigenvalue weighted by Gasteiger charge is 2.25. The average Bonchev–Trinajstić information content (AvgIpc) is 2.75. The van der Waals surface area contributed by atoms with E-state index in [1.165, 1.54) is 0 Å². The number of aromatic amines is 1.